The maximum Gasteiger partial charge on any atom is 0.255 e. The molecule has 3 aromatic rings. The quantitative estimate of drug-likeness (QED) is 0.627. The van der Waals surface area contributed by atoms with Crippen molar-refractivity contribution in [2.24, 2.45) is 5.41 Å². The highest BCUT2D eigenvalue weighted by atomic mass is 16.2. The number of fused-ring (bicyclic) bond motifs is 1. The van der Waals surface area contributed by atoms with E-state index in [9.17, 15) is 9.59 Å². The second-order valence-electron chi connectivity index (χ2n) is 8.26. The van der Waals surface area contributed by atoms with Gasteiger partial charge in [-0.05, 0) is 55.3 Å². The van der Waals surface area contributed by atoms with Crippen LogP contribution < -0.4 is 10.6 Å². The molecule has 30 heavy (non-hydrogen) atoms. The predicted molar refractivity (Wildman–Crippen MR) is 121 cm³/mol. The van der Waals surface area contributed by atoms with Crippen LogP contribution in [0, 0.1) is 5.41 Å². The molecule has 0 unspecified atom stereocenters. The van der Waals surface area contributed by atoms with Crippen LogP contribution in [0.2, 0.25) is 0 Å². The smallest absolute Gasteiger partial charge is 0.255 e. The molecule has 0 radical (unpaired) electrons. The Morgan fingerprint density at radius 2 is 1.33 bits per heavy atom. The van der Waals surface area contributed by atoms with Crippen LogP contribution in [-0.2, 0) is 17.6 Å². The summed E-state index contributed by atoms with van der Waals surface area (Å²) < 4.78 is 0. The lowest BCUT2D eigenvalue weighted by molar-refractivity contribution is -0.123. The minimum absolute atomic E-state index is 0.0609. The van der Waals surface area contributed by atoms with E-state index in [-0.39, 0.29) is 11.8 Å². The maximum absolute atomic E-state index is 12.7. The molecule has 0 spiro atoms. The SMILES string of the molecule is CCc1nc2ccc(C(=O)Nc3ccc(NC(=O)C(C)(C)C)cc3)cc2nc1CC. The molecule has 2 amide bonds. The van der Waals surface area contributed by atoms with Crippen LogP contribution in [0.5, 0.6) is 0 Å². The lowest BCUT2D eigenvalue weighted by atomic mass is 9.95. The molecule has 2 aromatic carbocycles. The second kappa shape index (κ2) is 8.61. The predicted octanol–water partition coefficient (Wildman–Crippen LogP) is 4.99. The summed E-state index contributed by atoms with van der Waals surface area (Å²) in [7, 11) is 0. The number of hydrogen-bond acceptors (Lipinski definition) is 4. The molecule has 1 heterocycles. The first-order chi connectivity index (χ1) is 14.2. The number of carbonyl (C=O) groups is 2. The van der Waals surface area contributed by atoms with Gasteiger partial charge in [-0.15, -0.1) is 0 Å². The van der Waals surface area contributed by atoms with Gasteiger partial charge >= 0.3 is 0 Å². The van der Waals surface area contributed by atoms with Crippen molar-refractivity contribution in [3.63, 3.8) is 0 Å². The number of nitrogens with zero attached hydrogens (tertiary/aromatic N) is 2. The van der Waals surface area contributed by atoms with E-state index in [1.807, 2.05) is 26.8 Å². The van der Waals surface area contributed by atoms with Crippen molar-refractivity contribution in [2.45, 2.75) is 47.5 Å². The zero-order valence-corrected chi connectivity index (χ0v) is 18.2. The summed E-state index contributed by atoms with van der Waals surface area (Å²) in [6.45, 7) is 9.70. The average molecular weight is 405 g/mol. The van der Waals surface area contributed by atoms with E-state index in [1.54, 1.807) is 36.4 Å². The fraction of sp³-hybridized carbons (Fsp3) is 0.333. The number of hydrogen-bond donors (Lipinski definition) is 2. The fourth-order valence-electron chi connectivity index (χ4n) is 2.99. The van der Waals surface area contributed by atoms with E-state index in [4.69, 9.17) is 4.98 Å². The molecule has 3 rings (SSSR count). The zero-order chi connectivity index (χ0) is 21.9. The van der Waals surface area contributed by atoms with E-state index in [1.165, 1.54) is 0 Å². The largest absolute Gasteiger partial charge is 0.326 e. The number of carbonyl (C=O) groups excluding carboxylic acids is 2. The van der Waals surface area contributed by atoms with Crippen molar-refractivity contribution < 1.29 is 9.59 Å². The molecule has 0 atom stereocenters. The van der Waals surface area contributed by atoms with Gasteiger partial charge in [-0.2, -0.15) is 0 Å². The van der Waals surface area contributed by atoms with E-state index in [0.717, 1.165) is 35.3 Å². The normalized spacial score (nSPS) is 11.4. The second-order valence-corrected chi connectivity index (χ2v) is 8.26. The third kappa shape index (κ3) is 4.82. The van der Waals surface area contributed by atoms with Crippen LogP contribution in [0.3, 0.4) is 0 Å². The van der Waals surface area contributed by atoms with Gasteiger partial charge in [0.2, 0.25) is 5.91 Å². The number of amides is 2. The summed E-state index contributed by atoms with van der Waals surface area (Å²) in [6.07, 6.45) is 1.64. The van der Waals surface area contributed by atoms with Gasteiger partial charge in [-0.25, -0.2) is 9.97 Å². The van der Waals surface area contributed by atoms with Crippen molar-refractivity contribution in [2.75, 3.05) is 10.6 Å². The van der Waals surface area contributed by atoms with E-state index in [0.29, 0.717) is 16.9 Å². The molecule has 2 N–H and O–H groups in total. The first kappa shape index (κ1) is 21.4. The van der Waals surface area contributed by atoms with Crippen molar-refractivity contribution in [3.8, 4) is 0 Å². The topological polar surface area (TPSA) is 84.0 Å². The third-order valence-corrected chi connectivity index (χ3v) is 4.83. The number of nitrogens with one attached hydrogen (secondary N) is 2. The molecule has 0 bridgehead atoms. The highest BCUT2D eigenvalue weighted by molar-refractivity contribution is 6.06. The molecule has 156 valence electrons. The Hall–Kier alpha value is -3.28. The lowest BCUT2D eigenvalue weighted by Crippen LogP contribution is -2.27. The number of rotatable bonds is 5. The number of aromatic nitrogens is 2. The van der Waals surface area contributed by atoms with E-state index in [2.05, 4.69) is 29.5 Å². The summed E-state index contributed by atoms with van der Waals surface area (Å²) in [5, 5.41) is 5.75. The van der Waals surface area contributed by atoms with Gasteiger partial charge in [0.25, 0.3) is 5.91 Å². The highest BCUT2D eigenvalue weighted by Crippen LogP contribution is 2.20. The summed E-state index contributed by atoms with van der Waals surface area (Å²) in [4.78, 5) is 34.1. The molecule has 0 saturated carbocycles. The minimum atomic E-state index is -0.471. The standard InChI is InChI=1S/C24H28N4O2/c1-6-18-19(7-2)28-21-14-15(8-13-20(21)27-18)22(29)25-16-9-11-17(12-10-16)26-23(30)24(3,4)5/h8-14H,6-7H2,1-5H3,(H,25,29)(H,26,30). The summed E-state index contributed by atoms with van der Waals surface area (Å²) in [5.41, 5.74) is 4.87. The van der Waals surface area contributed by atoms with Gasteiger partial charge in [0.05, 0.1) is 22.4 Å². The summed E-state index contributed by atoms with van der Waals surface area (Å²) in [5.74, 6) is -0.281. The molecule has 0 aliphatic rings. The van der Waals surface area contributed by atoms with Crippen LogP contribution in [-0.4, -0.2) is 21.8 Å². The molecular formula is C24H28N4O2. The molecule has 0 aliphatic heterocycles. The molecule has 1 aromatic heterocycles. The number of anilines is 2. The first-order valence-electron chi connectivity index (χ1n) is 10.2. The van der Waals surface area contributed by atoms with E-state index < -0.39 is 5.41 Å². The molecule has 6 nitrogen and oxygen atoms in total. The Morgan fingerprint density at radius 1 is 0.800 bits per heavy atom. The highest BCUT2D eigenvalue weighted by Gasteiger charge is 2.21. The Kier molecular flexibility index (Phi) is 6.15. The van der Waals surface area contributed by atoms with Gasteiger partial charge < -0.3 is 10.6 Å². The Labute approximate surface area is 177 Å². The van der Waals surface area contributed by atoms with Gasteiger partial charge in [-0.3, -0.25) is 9.59 Å². The molecular weight excluding hydrogens is 376 g/mol. The van der Waals surface area contributed by atoms with Gasteiger partial charge in [0.15, 0.2) is 0 Å². The van der Waals surface area contributed by atoms with Crippen molar-refractivity contribution in [1.29, 1.82) is 0 Å². The fourth-order valence-corrected chi connectivity index (χ4v) is 2.99. The van der Waals surface area contributed by atoms with Gasteiger partial charge in [-0.1, -0.05) is 34.6 Å². The monoisotopic (exact) mass is 404 g/mol. The van der Waals surface area contributed by atoms with Crippen molar-refractivity contribution >= 4 is 34.2 Å². The first-order valence-corrected chi connectivity index (χ1v) is 10.2. The molecule has 0 saturated heterocycles. The summed E-state index contributed by atoms with van der Waals surface area (Å²) >= 11 is 0. The average Bonchev–Trinajstić information content (AvgIpc) is 2.72. The van der Waals surface area contributed by atoms with Gasteiger partial charge in [0.1, 0.15) is 0 Å². The maximum atomic E-state index is 12.7. The van der Waals surface area contributed by atoms with Crippen LogP contribution in [0.15, 0.2) is 42.5 Å². The number of aryl methyl sites for hydroxylation is 2. The Morgan fingerprint density at radius 3 is 1.87 bits per heavy atom. The number of benzene rings is 2. The van der Waals surface area contributed by atoms with E-state index >= 15 is 0 Å². The zero-order valence-electron chi connectivity index (χ0n) is 18.2. The molecule has 0 fully saturated rings. The van der Waals surface area contributed by atoms with Gasteiger partial charge in [0, 0.05) is 22.4 Å². The minimum Gasteiger partial charge on any atom is -0.326 e. The van der Waals surface area contributed by atoms with Crippen molar-refractivity contribution in [3.05, 3.63) is 59.4 Å². The lowest BCUT2D eigenvalue weighted by Gasteiger charge is -2.17. The van der Waals surface area contributed by atoms with Crippen LogP contribution in [0.1, 0.15) is 56.4 Å². The Bertz CT molecular complexity index is 1080. The summed E-state index contributed by atoms with van der Waals surface area (Å²) in [6, 6.07) is 12.4. The van der Waals surface area contributed by atoms with Crippen LogP contribution in [0.25, 0.3) is 11.0 Å². The molecule has 6 heteroatoms. The third-order valence-electron chi connectivity index (χ3n) is 4.83. The molecule has 0 aliphatic carbocycles. The van der Waals surface area contributed by atoms with Crippen LogP contribution in [0.4, 0.5) is 11.4 Å². The van der Waals surface area contributed by atoms with Crippen LogP contribution >= 0.6 is 0 Å². The Balaban J connectivity index is 1.75. The van der Waals surface area contributed by atoms with Crippen molar-refractivity contribution in [1.82, 2.24) is 9.97 Å².